The number of nitrogens with two attached hydrogens (primary N) is 1. The van der Waals surface area contributed by atoms with Crippen molar-refractivity contribution in [2.75, 3.05) is 13.1 Å². The second-order valence-corrected chi connectivity index (χ2v) is 4.56. The molecule has 1 unspecified atom stereocenters. The molecule has 1 saturated heterocycles. The van der Waals surface area contributed by atoms with Gasteiger partial charge in [-0.2, -0.15) is 0 Å². The van der Waals surface area contributed by atoms with Crippen molar-refractivity contribution in [3.05, 3.63) is 11.9 Å². The third-order valence-corrected chi connectivity index (χ3v) is 2.65. The molecular weight excluding hydrogens is 162 g/mol. The number of hydrogen-bond acceptors (Lipinski definition) is 3. The Balaban J connectivity index is 2.51. The fourth-order valence-electron chi connectivity index (χ4n) is 1.71. The van der Waals surface area contributed by atoms with Gasteiger partial charge in [-0.05, 0) is 25.3 Å². The van der Waals surface area contributed by atoms with Crippen LogP contribution in [0.15, 0.2) is 11.9 Å². The van der Waals surface area contributed by atoms with Gasteiger partial charge in [-0.1, -0.05) is 13.8 Å². The summed E-state index contributed by atoms with van der Waals surface area (Å²) in [5.41, 5.74) is 6.73. The molecule has 1 atom stereocenters. The molecule has 3 heteroatoms. The lowest BCUT2D eigenvalue weighted by Crippen LogP contribution is -2.51. The molecule has 0 aromatic heterocycles. The number of allylic oxidation sites excluding steroid dienone is 1. The molecule has 1 rings (SSSR count). The van der Waals surface area contributed by atoms with Crippen LogP contribution in [0.2, 0.25) is 0 Å². The van der Waals surface area contributed by atoms with Gasteiger partial charge in [0.1, 0.15) is 0 Å². The van der Waals surface area contributed by atoms with Crippen molar-refractivity contribution < 1.29 is 0 Å². The predicted molar refractivity (Wildman–Crippen MR) is 56.1 cm³/mol. The highest BCUT2D eigenvalue weighted by Crippen LogP contribution is 2.24. The minimum atomic E-state index is 0.310. The Kier molecular flexibility index (Phi) is 3.20. The van der Waals surface area contributed by atoms with Crippen LogP contribution in [0.4, 0.5) is 0 Å². The Hall–Kier alpha value is -0.700. The standard InChI is InChI=1S/C10H21N3/c1-8(11)6-13-9-4-5-12-7-10(9,2)3/h6,9,12-13H,4-5,7,11H2,1-3H3/b8-6-. The van der Waals surface area contributed by atoms with Crippen LogP contribution in [0.5, 0.6) is 0 Å². The molecule has 1 fully saturated rings. The molecule has 0 radical (unpaired) electrons. The minimum Gasteiger partial charge on any atom is -0.401 e. The maximum atomic E-state index is 5.58. The van der Waals surface area contributed by atoms with Crippen LogP contribution >= 0.6 is 0 Å². The van der Waals surface area contributed by atoms with E-state index in [9.17, 15) is 0 Å². The van der Waals surface area contributed by atoms with Crippen LogP contribution in [0, 0.1) is 5.41 Å². The average Bonchev–Trinajstić information content (AvgIpc) is 2.01. The summed E-state index contributed by atoms with van der Waals surface area (Å²) in [7, 11) is 0. The summed E-state index contributed by atoms with van der Waals surface area (Å²) < 4.78 is 0. The van der Waals surface area contributed by atoms with Crippen LogP contribution < -0.4 is 16.4 Å². The van der Waals surface area contributed by atoms with Crippen molar-refractivity contribution in [1.82, 2.24) is 10.6 Å². The van der Waals surface area contributed by atoms with Gasteiger partial charge in [0.15, 0.2) is 0 Å². The molecule has 0 bridgehead atoms. The van der Waals surface area contributed by atoms with E-state index < -0.39 is 0 Å². The Morgan fingerprint density at radius 1 is 1.62 bits per heavy atom. The monoisotopic (exact) mass is 183 g/mol. The molecule has 0 aliphatic carbocycles. The Morgan fingerprint density at radius 2 is 2.31 bits per heavy atom. The summed E-state index contributed by atoms with van der Waals surface area (Å²) in [6, 6.07) is 0.534. The molecular formula is C10H21N3. The average molecular weight is 183 g/mol. The van der Waals surface area contributed by atoms with Crippen LogP contribution in [0.25, 0.3) is 0 Å². The largest absolute Gasteiger partial charge is 0.401 e. The maximum absolute atomic E-state index is 5.58. The first kappa shape index (κ1) is 10.4. The first-order valence-corrected chi connectivity index (χ1v) is 4.91. The van der Waals surface area contributed by atoms with Crippen molar-refractivity contribution in [3.8, 4) is 0 Å². The highest BCUT2D eigenvalue weighted by atomic mass is 15.0. The van der Waals surface area contributed by atoms with Gasteiger partial charge >= 0.3 is 0 Å². The highest BCUT2D eigenvalue weighted by Gasteiger charge is 2.31. The van der Waals surface area contributed by atoms with Crippen LogP contribution in [-0.2, 0) is 0 Å². The molecule has 1 aliphatic heterocycles. The molecule has 0 aromatic rings. The topological polar surface area (TPSA) is 50.1 Å². The van der Waals surface area contributed by atoms with Crippen LogP contribution in [0.3, 0.4) is 0 Å². The van der Waals surface area contributed by atoms with Gasteiger partial charge in [-0.3, -0.25) is 0 Å². The molecule has 0 spiro atoms. The summed E-state index contributed by atoms with van der Waals surface area (Å²) in [6.45, 7) is 8.62. The third kappa shape index (κ3) is 2.92. The van der Waals surface area contributed by atoms with Crippen molar-refractivity contribution in [2.45, 2.75) is 33.2 Å². The molecule has 3 nitrogen and oxygen atoms in total. The molecule has 0 aromatic carbocycles. The third-order valence-electron chi connectivity index (χ3n) is 2.65. The summed E-state index contributed by atoms with van der Waals surface area (Å²) in [4.78, 5) is 0. The quantitative estimate of drug-likeness (QED) is 0.593. The lowest BCUT2D eigenvalue weighted by atomic mass is 9.80. The second-order valence-electron chi connectivity index (χ2n) is 4.56. The van der Waals surface area contributed by atoms with Crippen molar-refractivity contribution in [1.29, 1.82) is 0 Å². The molecule has 0 saturated carbocycles. The zero-order chi connectivity index (χ0) is 9.90. The minimum absolute atomic E-state index is 0.310. The predicted octanol–water partition coefficient (Wildman–Crippen LogP) is 0.784. The fraction of sp³-hybridized carbons (Fsp3) is 0.800. The highest BCUT2D eigenvalue weighted by molar-refractivity contribution is 4.97. The lowest BCUT2D eigenvalue weighted by Gasteiger charge is -2.39. The lowest BCUT2D eigenvalue weighted by molar-refractivity contribution is 0.199. The summed E-state index contributed by atoms with van der Waals surface area (Å²) >= 11 is 0. The first-order valence-electron chi connectivity index (χ1n) is 4.91. The smallest absolute Gasteiger partial charge is 0.0331 e. The molecule has 0 amide bonds. The normalized spacial score (nSPS) is 28.5. The van der Waals surface area contributed by atoms with Crippen molar-refractivity contribution in [3.63, 3.8) is 0 Å². The molecule has 13 heavy (non-hydrogen) atoms. The van der Waals surface area contributed by atoms with E-state index in [1.807, 2.05) is 13.1 Å². The molecule has 4 N–H and O–H groups in total. The zero-order valence-electron chi connectivity index (χ0n) is 8.85. The molecule has 1 heterocycles. The van der Waals surface area contributed by atoms with Crippen molar-refractivity contribution >= 4 is 0 Å². The van der Waals surface area contributed by atoms with Gasteiger partial charge in [0, 0.05) is 24.5 Å². The molecule has 1 aliphatic rings. The van der Waals surface area contributed by atoms with Gasteiger partial charge in [-0.25, -0.2) is 0 Å². The summed E-state index contributed by atoms with van der Waals surface area (Å²) in [5, 5.41) is 6.78. The van der Waals surface area contributed by atoms with Gasteiger partial charge < -0.3 is 16.4 Å². The van der Waals surface area contributed by atoms with Gasteiger partial charge in [-0.15, -0.1) is 0 Å². The van der Waals surface area contributed by atoms with Crippen molar-refractivity contribution in [2.24, 2.45) is 11.1 Å². The zero-order valence-corrected chi connectivity index (χ0v) is 8.85. The summed E-state index contributed by atoms with van der Waals surface area (Å²) in [6.07, 6.45) is 3.08. The van der Waals surface area contributed by atoms with E-state index in [0.29, 0.717) is 11.5 Å². The van der Waals surface area contributed by atoms with Crippen LogP contribution in [0.1, 0.15) is 27.2 Å². The Bertz CT molecular complexity index is 192. The maximum Gasteiger partial charge on any atom is 0.0331 e. The number of rotatable bonds is 2. The van der Waals surface area contributed by atoms with E-state index in [0.717, 1.165) is 25.2 Å². The van der Waals surface area contributed by atoms with E-state index in [4.69, 9.17) is 5.73 Å². The SMILES string of the molecule is C/C(N)=C/NC1CCNCC1(C)C. The number of nitrogens with one attached hydrogen (secondary N) is 2. The molecule has 76 valence electrons. The van der Waals surface area contributed by atoms with E-state index in [-0.39, 0.29) is 0 Å². The van der Waals surface area contributed by atoms with Gasteiger partial charge in [0.25, 0.3) is 0 Å². The number of piperidine rings is 1. The van der Waals surface area contributed by atoms with E-state index in [1.165, 1.54) is 0 Å². The van der Waals surface area contributed by atoms with Crippen LogP contribution in [-0.4, -0.2) is 19.1 Å². The number of hydrogen-bond donors (Lipinski definition) is 3. The first-order chi connectivity index (χ1) is 6.02. The summed E-state index contributed by atoms with van der Waals surface area (Å²) in [5.74, 6) is 0. The Labute approximate surface area is 80.8 Å². The van der Waals surface area contributed by atoms with Gasteiger partial charge in [0.05, 0.1) is 0 Å². The Morgan fingerprint density at radius 3 is 2.85 bits per heavy atom. The fourth-order valence-corrected chi connectivity index (χ4v) is 1.71. The van der Waals surface area contributed by atoms with Gasteiger partial charge in [0.2, 0.25) is 0 Å². The van der Waals surface area contributed by atoms with E-state index in [1.54, 1.807) is 0 Å². The van der Waals surface area contributed by atoms with E-state index >= 15 is 0 Å². The second kappa shape index (κ2) is 4.01. The van der Waals surface area contributed by atoms with E-state index in [2.05, 4.69) is 24.5 Å².